The van der Waals surface area contributed by atoms with E-state index in [9.17, 15) is 14.0 Å². The number of pyridine rings is 1. The van der Waals surface area contributed by atoms with E-state index in [0.717, 1.165) is 0 Å². The molecule has 0 fully saturated rings. The first-order valence-corrected chi connectivity index (χ1v) is 7.01. The van der Waals surface area contributed by atoms with E-state index in [-0.39, 0.29) is 5.56 Å². The number of nitrogens with zero attached hydrogens (tertiary/aromatic N) is 2. The third-order valence-electron chi connectivity index (χ3n) is 3.70. The number of carbonyl (C=O) groups is 1. The minimum atomic E-state index is -0.729. The third-order valence-corrected chi connectivity index (χ3v) is 3.70. The summed E-state index contributed by atoms with van der Waals surface area (Å²) in [5.41, 5.74) is 0.333. The van der Waals surface area contributed by atoms with Gasteiger partial charge in [-0.15, -0.1) is 0 Å². The van der Waals surface area contributed by atoms with Crippen LogP contribution in [0, 0.1) is 5.82 Å². The second kappa shape index (κ2) is 5.75. The summed E-state index contributed by atoms with van der Waals surface area (Å²) in [4.78, 5) is 26.5. The van der Waals surface area contributed by atoms with Crippen molar-refractivity contribution in [2.75, 3.05) is 32.2 Å². The maximum Gasteiger partial charge on any atom is 0.343 e. The highest BCUT2D eigenvalue weighted by Gasteiger charge is 2.26. The molecular weight excluding hydrogens is 303 g/mol. The second-order valence-corrected chi connectivity index (χ2v) is 5.13. The lowest BCUT2D eigenvalue weighted by molar-refractivity contribution is 0.0598. The van der Waals surface area contributed by atoms with Gasteiger partial charge in [0.1, 0.15) is 18.0 Å². The molecule has 0 atom stereocenters. The van der Waals surface area contributed by atoms with Gasteiger partial charge in [0.15, 0.2) is 0 Å². The lowest BCUT2D eigenvalue weighted by atomic mass is 10.2. The van der Waals surface area contributed by atoms with Crippen molar-refractivity contribution < 1.29 is 18.7 Å². The first-order valence-electron chi connectivity index (χ1n) is 7.01. The van der Waals surface area contributed by atoms with Crippen molar-refractivity contribution in [3.8, 4) is 11.6 Å². The molecule has 120 valence electrons. The van der Waals surface area contributed by atoms with Crippen molar-refractivity contribution in [1.82, 2.24) is 4.57 Å². The van der Waals surface area contributed by atoms with E-state index in [2.05, 4.69) is 4.74 Å². The summed E-state index contributed by atoms with van der Waals surface area (Å²) in [6.07, 6.45) is 0. The van der Waals surface area contributed by atoms with Gasteiger partial charge in [-0.3, -0.25) is 4.79 Å². The van der Waals surface area contributed by atoms with Gasteiger partial charge in [0, 0.05) is 7.05 Å². The van der Waals surface area contributed by atoms with Gasteiger partial charge in [0.2, 0.25) is 5.88 Å². The van der Waals surface area contributed by atoms with E-state index in [0.29, 0.717) is 30.4 Å². The Morgan fingerprint density at radius 2 is 2.00 bits per heavy atom. The highest BCUT2D eigenvalue weighted by atomic mass is 19.1. The van der Waals surface area contributed by atoms with Crippen LogP contribution in [0.25, 0.3) is 5.69 Å². The topological polar surface area (TPSA) is 60.8 Å². The summed E-state index contributed by atoms with van der Waals surface area (Å²) in [7, 11) is 3.05. The smallest absolute Gasteiger partial charge is 0.343 e. The fraction of sp³-hybridized carbons (Fsp3) is 0.250. The molecule has 3 rings (SSSR count). The maximum absolute atomic E-state index is 13.2. The predicted molar refractivity (Wildman–Crippen MR) is 82.1 cm³/mol. The predicted octanol–water partition coefficient (Wildman–Crippen LogP) is 1.59. The van der Waals surface area contributed by atoms with Gasteiger partial charge in [-0.25, -0.2) is 13.8 Å². The molecule has 7 heteroatoms. The molecule has 0 N–H and O–H groups in total. The van der Waals surface area contributed by atoms with Crippen molar-refractivity contribution in [3.05, 3.63) is 52.1 Å². The maximum atomic E-state index is 13.2. The van der Waals surface area contributed by atoms with E-state index >= 15 is 0 Å². The van der Waals surface area contributed by atoms with Gasteiger partial charge in [0.05, 0.1) is 25.0 Å². The van der Waals surface area contributed by atoms with Crippen LogP contribution < -0.4 is 15.2 Å². The number of rotatable bonds is 2. The van der Waals surface area contributed by atoms with E-state index in [4.69, 9.17) is 4.74 Å². The van der Waals surface area contributed by atoms with Crippen LogP contribution in [0.3, 0.4) is 0 Å². The van der Waals surface area contributed by atoms with Crippen molar-refractivity contribution in [3.63, 3.8) is 0 Å². The molecule has 0 radical (unpaired) electrons. The van der Waals surface area contributed by atoms with Crippen LogP contribution in [-0.4, -0.2) is 37.8 Å². The number of carbonyl (C=O) groups excluding carboxylic acids is 1. The molecule has 2 aromatic rings. The molecule has 0 aliphatic carbocycles. The van der Waals surface area contributed by atoms with Crippen molar-refractivity contribution in [2.24, 2.45) is 0 Å². The number of hydrogen-bond acceptors (Lipinski definition) is 5. The Morgan fingerprint density at radius 3 is 2.65 bits per heavy atom. The summed E-state index contributed by atoms with van der Waals surface area (Å²) in [6, 6.07) is 6.85. The number of likely N-dealkylation sites (N-methyl/N-ethyl adjacent to an activating group) is 1. The minimum absolute atomic E-state index is 0.104. The van der Waals surface area contributed by atoms with Crippen molar-refractivity contribution in [2.45, 2.75) is 0 Å². The Balaban J connectivity index is 2.32. The summed E-state index contributed by atoms with van der Waals surface area (Å²) in [5, 5.41) is 0. The van der Waals surface area contributed by atoms with E-state index in [1.165, 1.54) is 42.0 Å². The number of benzene rings is 1. The average Bonchev–Trinajstić information content (AvgIpc) is 2.55. The van der Waals surface area contributed by atoms with Crippen LogP contribution in [0.1, 0.15) is 10.4 Å². The molecule has 0 unspecified atom stereocenters. The van der Waals surface area contributed by atoms with Crippen LogP contribution in [0.15, 0.2) is 35.1 Å². The van der Waals surface area contributed by atoms with Crippen LogP contribution in [0.4, 0.5) is 10.1 Å². The first-order chi connectivity index (χ1) is 11.0. The number of halogens is 1. The number of ether oxygens (including phenoxy) is 2. The van der Waals surface area contributed by atoms with Gasteiger partial charge in [0.25, 0.3) is 5.56 Å². The van der Waals surface area contributed by atoms with Crippen LogP contribution in [0.2, 0.25) is 0 Å². The van der Waals surface area contributed by atoms with Gasteiger partial charge in [-0.2, -0.15) is 0 Å². The highest BCUT2D eigenvalue weighted by molar-refractivity contribution is 5.90. The van der Waals surface area contributed by atoms with Gasteiger partial charge >= 0.3 is 5.97 Å². The molecule has 0 saturated carbocycles. The van der Waals surface area contributed by atoms with Crippen LogP contribution >= 0.6 is 0 Å². The highest BCUT2D eigenvalue weighted by Crippen LogP contribution is 2.32. The Hall–Kier alpha value is -2.83. The summed E-state index contributed by atoms with van der Waals surface area (Å²) in [6.45, 7) is 1.02. The van der Waals surface area contributed by atoms with Gasteiger partial charge in [-0.05, 0) is 30.3 Å². The minimum Gasteiger partial charge on any atom is -0.475 e. The number of esters is 1. The second-order valence-electron chi connectivity index (χ2n) is 5.13. The van der Waals surface area contributed by atoms with E-state index in [1.54, 1.807) is 0 Å². The molecular formula is C16H15FN2O4. The summed E-state index contributed by atoms with van der Waals surface area (Å²) >= 11 is 0. The number of fused-ring (bicyclic) bond motifs is 1. The first kappa shape index (κ1) is 15.1. The van der Waals surface area contributed by atoms with E-state index < -0.39 is 17.3 Å². The number of hydrogen-bond donors (Lipinski definition) is 0. The normalized spacial score (nSPS) is 13.3. The molecule has 1 aromatic carbocycles. The molecule has 1 aliphatic heterocycles. The zero-order valence-electron chi connectivity index (χ0n) is 12.7. The SMILES string of the molecule is COC(=O)c1cc2c(n(-c3ccc(F)cc3)c1=O)OCCN2C. The van der Waals surface area contributed by atoms with Crippen molar-refractivity contribution in [1.29, 1.82) is 0 Å². The molecule has 1 aliphatic rings. The third kappa shape index (κ3) is 2.54. The van der Waals surface area contributed by atoms with Crippen molar-refractivity contribution >= 4 is 11.7 Å². The lowest BCUT2D eigenvalue weighted by Crippen LogP contribution is -2.35. The largest absolute Gasteiger partial charge is 0.475 e. The van der Waals surface area contributed by atoms with Gasteiger partial charge < -0.3 is 14.4 Å². The number of methoxy groups -OCH3 is 1. The summed E-state index contributed by atoms with van der Waals surface area (Å²) < 4.78 is 24.7. The average molecular weight is 318 g/mol. The van der Waals surface area contributed by atoms with Crippen LogP contribution in [-0.2, 0) is 4.74 Å². The fourth-order valence-electron chi connectivity index (χ4n) is 2.48. The lowest BCUT2D eigenvalue weighted by Gasteiger charge is -2.29. The Bertz CT molecular complexity index is 814. The Morgan fingerprint density at radius 1 is 1.30 bits per heavy atom. The molecule has 0 spiro atoms. The Labute approximate surface area is 131 Å². The standard InChI is InChI=1S/C16H15FN2O4/c1-18-7-8-23-15-13(18)9-12(16(21)22-2)14(20)19(15)11-5-3-10(17)4-6-11/h3-6,9H,7-8H2,1-2H3. The molecule has 2 heterocycles. The molecule has 0 saturated heterocycles. The summed E-state index contributed by atoms with van der Waals surface area (Å²) in [5.74, 6) is -0.825. The molecule has 23 heavy (non-hydrogen) atoms. The monoisotopic (exact) mass is 318 g/mol. The molecule has 0 bridgehead atoms. The number of anilines is 1. The number of aromatic nitrogens is 1. The van der Waals surface area contributed by atoms with Crippen LogP contribution in [0.5, 0.6) is 5.88 Å². The zero-order chi connectivity index (χ0) is 16.6. The zero-order valence-corrected chi connectivity index (χ0v) is 12.7. The Kier molecular flexibility index (Phi) is 3.77. The molecule has 6 nitrogen and oxygen atoms in total. The molecule has 1 aromatic heterocycles. The molecule has 0 amide bonds. The van der Waals surface area contributed by atoms with E-state index in [1.807, 2.05) is 11.9 Å². The quantitative estimate of drug-likeness (QED) is 0.787. The fourth-order valence-corrected chi connectivity index (χ4v) is 2.48. The van der Waals surface area contributed by atoms with Gasteiger partial charge in [-0.1, -0.05) is 0 Å².